The van der Waals surface area contributed by atoms with Crippen molar-refractivity contribution in [2.45, 2.75) is 31.7 Å². The number of thiophene rings is 1. The number of amides is 1. The molecule has 1 aromatic carbocycles. The van der Waals surface area contributed by atoms with E-state index < -0.39 is 0 Å². The van der Waals surface area contributed by atoms with Crippen molar-refractivity contribution in [3.05, 3.63) is 51.4 Å². The monoisotopic (exact) mass is 373 g/mol. The lowest BCUT2D eigenvalue weighted by molar-refractivity contribution is 0.102. The summed E-state index contributed by atoms with van der Waals surface area (Å²) in [4.78, 5) is 31.6. The van der Waals surface area contributed by atoms with Crippen LogP contribution in [0.1, 0.15) is 35.1 Å². The minimum atomic E-state index is -0.240. The van der Waals surface area contributed by atoms with Crippen LogP contribution in [0.4, 0.5) is 5.69 Å². The summed E-state index contributed by atoms with van der Waals surface area (Å²) in [6.07, 6.45) is 3.51. The molecular weight excluding hydrogens is 354 g/mol. The zero-order valence-corrected chi connectivity index (χ0v) is 16.1. The Morgan fingerprint density at radius 3 is 2.80 bits per heavy atom. The number of rotatable bonds is 4. The number of aryl methyl sites for hydroxylation is 1. The van der Waals surface area contributed by atoms with Gasteiger partial charge in [0.2, 0.25) is 0 Å². The van der Waals surface area contributed by atoms with Gasteiger partial charge in [0.05, 0.1) is 11.9 Å². The molecule has 2 aromatic heterocycles. The van der Waals surface area contributed by atoms with Crippen molar-refractivity contribution >= 4 is 44.9 Å². The smallest absolute Gasteiger partial charge is 0.271 e. The quantitative estimate of drug-likeness (QED) is 0.692. The molecule has 0 fully saturated rings. The molecule has 0 atom stereocenters. The maximum atomic E-state index is 12.8. The van der Waals surface area contributed by atoms with Gasteiger partial charge in [-0.3, -0.25) is 14.2 Å². The third-order valence-corrected chi connectivity index (χ3v) is 5.72. The van der Waals surface area contributed by atoms with E-state index >= 15 is 0 Å². The zero-order chi connectivity index (χ0) is 18.1. The fraction of sp³-hybridized carbons (Fsp3) is 0.278. The van der Waals surface area contributed by atoms with Crippen LogP contribution in [-0.2, 0) is 0 Å². The fourth-order valence-electron chi connectivity index (χ4n) is 2.62. The van der Waals surface area contributed by atoms with Crippen molar-refractivity contribution in [1.82, 2.24) is 9.55 Å². The van der Waals surface area contributed by atoms with Crippen molar-refractivity contribution in [3.63, 3.8) is 0 Å². The molecule has 0 aliphatic carbocycles. The molecule has 5 nitrogen and oxygen atoms in total. The lowest BCUT2D eigenvalue weighted by Gasteiger charge is -2.09. The van der Waals surface area contributed by atoms with E-state index in [9.17, 15) is 9.59 Å². The van der Waals surface area contributed by atoms with Crippen molar-refractivity contribution in [2.75, 3.05) is 11.6 Å². The second-order valence-corrected chi connectivity index (χ2v) is 8.05. The third-order valence-electron chi connectivity index (χ3n) is 3.91. The summed E-state index contributed by atoms with van der Waals surface area (Å²) in [5, 5.41) is 2.91. The van der Waals surface area contributed by atoms with E-state index in [2.05, 4.69) is 10.3 Å². The molecule has 0 bridgehead atoms. The first-order valence-corrected chi connectivity index (χ1v) is 9.92. The van der Waals surface area contributed by atoms with Crippen molar-refractivity contribution < 1.29 is 4.79 Å². The van der Waals surface area contributed by atoms with Crippen molar-refractivity contribution in [2.24, 2.45) is 0 Å². The molecule has 0 aliphatic heterocycles. The summed E-state index contributed by atoms with van der Waals surface area (Å²) < 4.78 is 2.11. The van der Waals surface area contributed by atoms with E-state index in [1.807, 2.05) is 51.3 Å². The topological polar surface area (TPSA) is 64.0 Å². The number of aromatic nitrogens is 2. The molecule has 0 unspecified atom stereocenters. The van der Waals surface area contributed by atoms with Crippen LogP contribution in [0.3, 0.4) is 0 Å². The summed E-state index contributed by atoms with van der Waals surface area (Å²) in [6, 6.07) is 7.69. The number of hydrogen-bond donors (Lipinski definition) is 1. The van der Waals surface area contributed by atoms with Gasteiger partial charge < -0.3 is 5.32 Å². The van der Waals surface area contributed by atoms with E-state index in [1.165, 1.54) is 17.7 Å². The van der Waals surface area contributed by atoms with Crippen LogP contribution in [0, 0.1) is 6.92 Å². The Hall–Kier alpha value is -2.12. The van der Waals surface area contributed by atoms with Gasteiger partial charge in [0.25, 0.3) is 11.5 Å². The van der Waals surface area contributed by atoms with Crippen LogP contribution in [0.2, 0.25) is 0 Å². The summed E-state index contributed by atoms with van der Waals surface area (Å²) >= 11 is 2.94. The van der Waals surface area contributed by atoms with Crippen molar-refractivity contribution in [3.8, 4) is 0 Å². The molecule has 0 spiro atoms. The van der Waals surface area contributed by atoms with Crippen LogP contribution in [0.25, 0.3) is 10.2 Å². The normalized spacial score (nSPS) is 11.2. The zero-order valence-electron chi connectivity index (χ0n) is 14.5. The summed E-state index contributed by atoms with van der Waals surface area (Å²) in [5.74, 6) is -0.240. The first-order chi connectivity index (χ1) is 11.9. The first kappa shape index (κ1) is 17.7. The molecule has 7 heteroatoms. The largest absolute Gasteiger partial charge is 0.322 e. The first-order valence-electron chi connectivity index (χ1n) is 7.88. The molecular formula is C18H19N3O2S2. The van der Waals surface area contributed by atoms with Gasteiger partial charge >= 0.3 is 0 Å². The van der Waals surface area contributed by atoms with E-state index in [1.54, 1.807) is 16.3 Å². The van der Waals surface area contributed by atoms with Gasteiger partial charge in [0, 0.05) is 21.5 Å². The molecule has 1 N–H and O–H groups in total. The summed E-state index contributed by atoms with van der Waals surface area (Å²) in [6.45, 7) is 5.71. The average molecular weight is 374 g/mol. The predicted molar refractivity (Wildman–Crippen MR) is 105 cm³/mol. The number of thioether (sulfide) groups is 1. The maximum absolute atomic E-state index is 12.8. The Kier molecular flexibility index (Phi) is 4.96. The summed E-state index contributed by atoms with van der Waals surface area (Å²) in [5.41, 5.74) is 1.58. The Labute approximate surface area is 154 Å². The highest BCUT2D eigenvalue weighted by Crippen LogP contribution is 2.28. The summed E-state index contributed by atoms with van der Waals surface area (Å²) in [7, 11) is 0. The number of hydrogen-bond acceptors (Lipinski definition) is 5. The highest BCUT2D eigenvalue weighted by atomic mass is 32.2. The number of carbonyl (C=O) groups is 1. The number of nitrogens with one attached hydrogen (secondary N) is 1. The Morgan fingerprint density at radius 1 is 1.36 bits per heavy atom. The van der Waals surface area contributed by atoms with Gasteiger partial charge in [0.1, 0.15) is 10.2 Å². The molecule has 3 rings (SSSR count). The molecule has 1 amide bonds. The minimum Gasteiger partial charge on any atom is -0.322 e. The molecule has 3 aromatic rings. The molecule has 0 saturated carbocycles. The van der Waals surface area contributed by atoms with Crippen LogP contribution in [0.5, 0.6) is 0 Å². The molecule has 130 valence electrons. The fourth-order valence-corrected chi connectivity index (χ4v) is 4.12. The van der Waals surface area contributed by atoms with E-state index in [-0.39, 0.29) is 17.5 Å². The average Bonchev–Trinajstić information content (AvgIpc) is 2.92. The number of fused-ring (bicyclic) bond motifs is 1. The maximum Gasteiger partial charge on any atom is 0.271 e. The van der Waals surface area contributed by atoms with E-state index in [0.29, 0.717) is 15.8 Å². The molecule has 25 heavy (non-hydrogen) atoms. The highest BCUT2D eigenvalue weighted by molar-refractivity contribution is 7.98. The molecule has 0 saturated heterocycles. The van der Waals surface area contributed by atoms with Crippen LogP contribution in [-0.4, -0.2) is 21.7 Å². The second-order valence-electron chi connectivity index (χ2n) is 5.95. The lowest BCUT2D eigenvalue weighted by Crippen LogP contribution is -2.22. The van der Waals surface area contributed by atoms with Gasteiger partial charge in [-0.1, -0.05) is 6.07 Å². The standard InChI is InChI=1S/C18H19N3O2S2/c1-10(2)21-9-19-15-14(11(3)25-16(15)18(21)23)17(22)20-12-6-5-7-13(8-12)24-4/h5-10H,1-4H3,(H,20,22). The van der Waals surface area contributed by atoms with Crippen molar-refractivity contribution in [1.29, 1.82) is 0 Å². The molecule has 0 radical (unpaired) electrons. The van der Waals surface area contributed by atoms with Gasteiger partial charge in [-0.25, -0.2) is 4.98 Å². The predicted octanol–water partition coefficient (Wildman–Crippen LogP) is 4.32. The van der Waals surface area contributed by atoms with Gasteiger partial charge in [-0.2, -0.15) is 0 Å². The Balaban J connectivity index is 2.03. The third kappa shape index (κ3) is 3.34. The van der Waals surface area contributed by atoms with Gasteiger partial charge in [-0.05, 0) is 45.2 Å². The van der Waals surface area contributed by atoms with Crippen LogP contribution in [0.15, 0.2) is 40.3 Å². The van der Waals surface area contributed by atoms with E-state index in [0.717, 1.165) is 15.5 Å². The lowest BCUT2D eigenvalue weighted by atomic mass is 10.2. The van der Waals surface area contributed by atoms with Gasteiger partial charge in [0.15, 0.2) is 0 Å². The number of anilines is 1. The number of benzene rings is 1. The minimum absolute atomic E-state index is 0.0263. The van der Waals surface area contributed by atoms with Gasteiger partial charge in [-0.15, -0.1) is 23.1 Å². The Morgan fingerprint density at radius 2 is 2.12 bits per heavy atom. The SMILES string of the molecule is CSc1cccc(NC(=O)c2c(C)sc3c(=O)n(C(C)C)cnc23)c1. The van der Waals surface area contributed by atoms with E-state index in [4.69, 9.17) is 0 Å². The van der Waals surface area contributed by atoms with Crippen LogP contribution >= 0.6 is 23.1 Å². The molecule has 0 aliphatic rings. The number of carbonyl (C=O) groups excluding carboxylic acids is 1. The second kappa shape index (κ2) is 7.01. The molecule has 2 heterocycles. The number of nitrogens with zero attached hydrogens (tertiary/aromatic N) is 2. The highest BCUT2D eigenvalue weighted by Gasteiger charge is 2.21. The Bertz CT molecular complexity index is 1010. The van der Waals surface area contributed by atoms with Crippen LogP contribution < -0.4 is 10.9 Å².